The van der Waals surface area contributed by atoms with Crippen LogP contribution in [0.5, 0.6) is 0 Å². The zero-order valence-electron chi connectivity index (χ0n) is 16.4. The summed E-state index contributed by atoms with van der Waals surface area (Å²) in [7, 11) is 0. The lowest BCUT2D eigenvalue weighted by Gasteiger charge is -2.39. The highest BCUT2D eigenvalue weighted by Crippen LogP contribution is 2.21. The Kier molecular flexibility index (Phi) is 10.6. The molecule has 156 valence electrons. The predicted molar refractivity (Wildman–Crippen MR) is 117 cm³/mol. The third-order valence-corrected chi connectivity index (χ3v) is 5.00. The van der Waals surface area contributed by atoms with E-state index in [1.165, 1.54) is 11.8 Å². The third-order valence-electron chi connectivity index (χ3n) is 5.00. The van der Waals surface area contributed by atoms with Gasteiger partial charge in [-0.25, -0.2) is 0 Å². The standard InChI is InChI=1S/C21H29N3O2.2ClH/c1-2-10-24(21(25)18-12-20(13-22)26-16-18)19-9-6-11-23(15-19)14-17-7-4-3-5-8-17;;/h3-5,7-8,12,16,19H,2,6,9-11,13-15,22H2,1H3;2*1H. The van der Waals surface area contributed by atoms with Crippen molar-refractivity contribution in [2.24, 2.45) is 5.73 Å². The van der Waals surface area contributed by atoms with Crippen molar-refractivity contribution in [3.05, 3.63) is 59.5 Å². The molecule has 3 rings (SSSR count). The van der Waals surface area contributed by atoms with Gasteiger partial charge in [-0.05, 0) is 37.4 Å². The summed E-state index contributed by atoms with van der Waals surface area (Å²) < 4.78 is 5.37. The lowest BCUT2D eigenvalue weighted by molar-refractivity contribution is 0.0534. The molecule has 1 aromatic carbocycles. The highest BCUT2D eigenvalue weighted by molar-refractivity contribution is 5.94. The van der Waals surface area contributed by atoms with Crippen LogP contribution >= 0.6 is 24.8 Å². The summed E-state index contributed by atoms with van der Waals surface area (Å²) in [4.78, 5) is 17.5. The molecule has 1 amide bonds. The topological polar surface area (TPSA) is 62.7 Å². The van der Waals surface area contributed by atoms with Gasteiger partial charge in [0.05, 0.1) is 12.1 Å². The highest BCUT2D eigenvalue weighted by Gasteiger charge is 2.29. The molecule has 1 atom stereocenters. The quantitative estimate of drug-likeness (QED) is 0.722. The van der Waals surface area contributed by atoms with Crippen LogP contribution in [0.1, 0.15) is 47.9 Å². The van der Waals surface area contributed by atoms with Gasteiger partial charge < -0.3 is 15.1 Å². The van der Waals surface area contributed by atoms with Crippen molar-refractivity contribution in [3.63, 3.8) is 0 Å². The highest BCUT2D eigenvalue weighted by atomic mass is 35.5. The van der Waals surface area contributed by atoms with Gasteiger partial charge in [0.25, 0.3) is 5.91 Å². The second-order valence-corrected chi connectivity index (χ2v) is 7.02. The average Bonchev–Trinajstić information content (AvgIpc) is 3.16. The number of carbonyl (C=O) groups excluding carboxylic acids is 1. The van der Waals surface area contributed by atoms with E-state index in [1.54, 1.807) is 6.07 Å². The van der Waals surface area contributed by atoms with E-state index in [4.69, 9.17) is 10.2 Å². The first-order valence-corrected chi connectivity index (χ1v) is 9.56. The SMILES string of the molecule is CCCN(C(=O)c1coc(CN)c1)C1CCCN(Cc2ccccc2)C1.Cl.Cl. The number of hydrogen-bond donors (Lipinski definition) is 1. The lowest BCUT2D eigenvalue weighted by atomic mass is 10.0. The molecule has 7 heteroatoms. The van der Waals surface area contributed by atoms with Crippen LogP contribution in [0.4, 0.5) is 0 Å². The second kappa shape index (κ2) is 12.1. The van der Waals surface area contributed by atoms with E-state index < -0.39 is 0 Å². The van der Waals surface area contributed by atoms with Crippen molar-refractivity contribution in [2.75, 3.05) is 19.6 Å². The van der Waals surface area contributed by atoms with Crippen LogP contribution in [-0.4, -0.2) is 41.4 Å². The van der Waals surface area contributed by atoms with Crippen molar-refractivity contribution in [2.45, 2.75) is 45.3 Å². The Labute approximate surface area is 180 Å². The summed E-state index contributed by atoms with van der Waals surface area (Å²) >= 11 is 0. The normalized spacial score (nSPS) is 16.7. The van der Waals surface area contributed by atoms with E-state index in [0.717, 1.165) is 45.4 Å². The lowest BCUT2D eigenvalue weighted by Crippen LogP contribution is -2.50. The van der Waals surface area contributed by atoms with Crippen molar-refractivity contribution >= 4 is 30.7 Å². The molecular weight excluding hydrogens is 397 g/mol. The van der Waals surface area contributed by atoms with Gasteiger partial charge in [0.1, 0.15) is 12.0 Å². The molecule has 1 unspecified atom stereocenters. The monoisotopic (exact) mass is 427 g/mol. The minimum atomic E-state index is 0. The maximum Gasteiger partial charge on any atom is 0.257 e. The second-order valence-electron chi connectivity index (χ2n) is 7.02. The van der Waals surface area contributed by atoms with Crippen molar-refractivity contribution in [1.82, 2.24) is 9.80 Å². The van der Waals surface area contributed by atoms with Gasteiger partial charge >= 0.3 is 0 Å². The molecule has 2 heterocycles. The number of piperidine rings is 1. The van der Waals surface area contributed by atoms with Crippen LogP contribution in [0.2, 0.25) is 0 Å². The predicted octanol–water partition coefficient (Wildman–Crippen LogP) is 4.10. The number of nitrogens with zero attached hydrogens (tertiary/aromatic N) is 2. The fraction of sp³-hybridized carbons (Fsp3) is 0.476. The van der Waals surface area contributed by atoms with Crippen molar-refractivity contribution in [3.8, 4) is 0 Å². The zero-order chi connectivity index (χ0) is 18.4. The molecular formula is C21H31Cl2N3O2. The van der Waals surface area contributed by atoms with Gasteiger partial charge in [0.15, 0.2) is 0 Å². The van der Waals surface area contributed by atoms with E-state index in [1.807, 2.05) is 11.0 Å². The number of likely N-dealkylation sites (tertiary alicyclic amines) is 1. The summed E-state index contributed by atoms with van der Waals surface area (Å²) in [6.07, 6.45) is 4.66. The van der Waals surface area contributed by atoms with Gasteiger partial charge in [0.2, 0.25) is 0 Å². The maximum absolute atomic E-state index is 13.0. The molecule has 0 radical (unpaired) electrons. The maximum atomic E-state index is 13.0. The summed E-state index contributed by atoms with van der Waals surface area (Å²) in [5, 5.41) is 0. The number of rotatable bonds is 7. The van der Waals surface area contributed by atoms with E-state index in [-0.39, 0.29) is 36.8 Å². The molecule has 28 heavy (non-hydrogen) atoms. The first-order chi connectivity index (χ1) is 12.7. The summed E-state index contributed by atoms with van der Waals surface area (Å²) in [5.74, 6) is 0.709. The van der Waals surface area contributed by atoms with Gasteiger partial charge in [-0.15, -0.1) is 24.8 Å². The summed E-state index contributed by atoms with van der Waals surface area (Å²) in [5.41, 5.74) is 7.54. The van der Waals surface area contributed by atoms with Crippen LogP contribution in [0.15, 0.2) is 47.1 Å². The number of nitrogens with two attached hydrogens (primary N) is 1. The molecule has 0 saturated carbocycles. The number of benzene rings is 1. The van der Waals surface area contributed by atoms with Gasteiger partial charge in [-0.3, -0.25) is 9.69 Å². The molecule has 1 fully saturated rings. The van der Waals surface area contributed by atoms with Gasteiger partial charge in [0, 0.05) is 25.7 Å². The smallest absolute Gasteiger partial charge is 0.257 e. The molecule has 1 saturated heterocycles. The van der Waals surface area contributed by atoms with Gasteiger partial charge in [-0.1, -0.05) is 37.3 Å². The third kappa shape index (κ3) is 6.24. The number of halogens is 2. The Hall–Kier alpha value is -1.53. The van der Waals surface area contributed by atoms with Crippen LogP contribution in [0.3, 0.4) is 0 Å². The largest absolute Gasteiger partial charge is 0.467 e. The molecule has 0 bridgehead atoms. The van der Waals surface area contributed by atoms with Crippen LogP contribution in [-0.2, 0) is 13.1 Å². The molecule has 5 nitrogen and oxygen atoms in total. The fourth-order valence-electron chi connectivity index (χ4n) is 3.73. The Morgan fingerprint density at radius 1 is 1.29 bits per heavy atom. The fourth-order valence-corrected chi connectivity index (χ4v) is 3.73. The van der Waals surface area contributed by atoms with E-state index in [2.05, 4.69) is 36.1 Å². The van der Waals surface area contributed by atoms with E-state index in [9.17, 15) is 4.79 Å². The van der Waals surface area contributed by atoms with Crippen LogP contribution < -0.4 is 5.73 Å². The molecule has 2 aromatic rings. The number of carbonyl (C=O) groups is 1. The number of hydrogen-bond acceptors (Lipinski definition) is 4. The minimum Gasteiger partial charge on any atom is -0.467 e. The zero-order valence-corrected chi connectivity index (χ0v) is 18.0. The van der Waals surface area contributed by atoms with E-state index >= 15 is 0 Å². The summed E-state index contributed by atoms with van der Waals surface area (Å²) in [6, 6.07) is 12.6. The number of furan rings is 1. The molecule has 0 spiro atoms. The molecule has 2 N–H and O–H groups in total. The molecule has 1 aliphatic heterocycles. The van der Waals surface area contributed by atoms with E-state index in [0.29, 0.717) is 17.9 Å². The average molecular weight is 428 g/mol. The molecule has 1 aromatic heterocycles. The Bertz CT molecular complexity index is 709. The first-order valence-electron chi connectivity index (χ1n) is 9.56. The van der Waals surface area contributed by atoms with Crippen molar-refractivity contribution < 1.29 is 9.21 Å². The van der Waals surface area contributed by atoms with Crippen LogP contribution in [0.25, 0.3) is 0 Å². The van der Waals surface area contributed by atoms with Crippen LogP contribution in [0, 0.1) is 0 Å². The molecule has 0 aliphatic carbocycles. The Balaban J connectivity index is 0.00000196. The minimum absolute atomic E-state index is 0. The first kappa shape index (κ1) is 24.5. The summed E-state index contributed by atoms with van der Waals surface area (Å²) in [6.45, 7) is 6.14. The molecule has 1 aliphatic rings. The van der Waals surface area contributed by atoms with Crippen molar-refractivity contribution in [1.29, 1.82) is 0 Å². The van der Waals surface area contributed by atoms with Gasteiger partial charge in [-0.2, -0.15) is 0 Å². The Morgan fingerprint density at radius 3 is 2.68 bits per heavy atom. The number of amides is 1. The Morgan fingerprint density at radius 2 is 2.04 bits per heavy atom.